The fourth-order valence-electron chi connectivity index (χ4n) is 2.00. The van der Waals surface area contributed by atoms with E-state index in [-0.39, 0.29) is 6.61 Å². The number of nitrogens with zero attached hydrogens (tertiary/aromatic N) is 1. The number of rotatable bonds is 6. The molecular formula is C17H18N2O2. The van der Waals surface area contributed by atoms with E-state index in [4.69, 9.17) is 15.2 Å². The molecule has 0 amide bonds. The molecule has 0 radical (unpaired) electrons. The number of benzene rings is 2. The normalized spacial score (nSPS) is 13.2. The molecular weight excluding hydrogens is 264 g/mol. The van der Waals surface area contributed by atoms with Crippen LogP contribution in [0.3, 0.4) is 0 Å². The van der Waals surface area contributed by atoms with Gasteiger partial charge in [0.1, 0.15) is 12.4 Å². The van der Waals surface area contributed by atoms with Gasteiger partial charge in [-0.15, -0.1) is 0 Å². The lowest BCUT2D eigenvalue weighted by Gasteiger charge is -2.22. The molecule has 1 atom stereocenters. The van der Waals surface area contributed by atoms with Crippen LogP contribution in [0, 0.1) is 11.3 Å². The zero-order chi connectivity index (χ0) is 15.1. The van der Waals surface area contributed by atoms with Gasteiger partial charge in [-0.25, -0.2) is 0 Å². The average Bonchev–Trinajstić information content (AvgIpc) is 2.54. The van der Waals surface area contributed by atoms with Gasteiger partial charge in [-0.1, -0.05) is 42.5 Å². The second-order valence-corrected chi connectivity index (χ2v) is 4.82. The molecule has 21 heavy (non-hydrogen) atoms. The topological polar surface area (TPSA) is 68.3 Å². The van der Waals surface area contributed by atoms with Crippen LogP contribution in [0.4, 0.5) is 0 Å². The fraction of sp³-hybridized carbons (Fsp3) is 0.235. The zero-order valence-electron chi connectivity index (χ0n) is 12.0. The first-order valence-electron chi connectivity index (χ1n) is 6.64. The lowest BCUT2D eigenvalue weighted by Crippen LogP contribution is -2.41. The SMILES string of the molecule is COCc1cccc(OCC(N)(C#N)c2ccccc2)c1. The molecule has 2 aromatic carbocycles. The Morgan fingerprint density at radius 1 is 1.14 bits per heavy atom. The molecule has 0 saturated heterocycles. The standard InChI is InChI=1S/C17H18N2O2/c1-20-11-14-6-5-9-16(10-14)21-13-17(19,12-18)15-7-3-2-4-8-15/h2-10H,11,13,19H2,1H3. The summed E-state index contributed by atoms with van der Waals surface area (Å²) < 4.78 is 10.8. The summed E-state index contributed by atoms with van der Waals surface area (Å²) in [4.78, 5) is 0. The summed E-state index contributed by atoms with van der Waals surface area (Å²) in [6.07, 6.45) is 0. The lowest BCUT2D eigenvalue weighted by atomic mass is 9.94. The molecule has 4 heteroatoms. The van der Waals surface area contributed by atoms with Gasteiger partial charge in [0.15, 0.2) is 5.54 Å². The van der Waals surface area contributed by atoms with E-state index in [1.807, 2.05) is 54.6 Å². The maximum absolute atomic E-state index is 9.38. The van der Waals surface area contributed by atoms with Crippen LogP contribution < -0.4 is 10.5 Å². The van der Waals surface area contributed by atoms with Crippen LogP contribution in [0.1, 0.15) is 11.1 Å². The smallest absolute Gasteiger partial charge is 0.164 e. The van der Waals surface area contributed by atoms with Gasteiger partial charge in [0.2, 0.25) is 0 Å². The summed E-state index contributed by atoms with van der Waals surface area (Å²) in [5, 5.41) is 9.38. The highest BCUT2D eigenvalue weighted by Crippen LogP contribution is 2.20. The van der Waals surface area contributed by atoms with Gasteiger partial charge < -0.3 is 15.2 Å². The minimum Gasteiger partial charge on any atom is -0.490 e. The number of hydrogen-bond acceptors (Lipinski definition) is 4. The van der Waals surface area contributed by atoms with Crippen molar-refractivity contribution < 1.29 is 9.47 Å². The van der Waals surface area contributed by atoms with Crippen molar-refractivity contribution in [2.45, 2.75) is 12.1 Å². The lowest BCUT2D eigenvalue weighted by molar-refractivity contribution is 0.184. The summed E-state index contributed by atoms with van der Waals surface area (Å²) in [6.45, 7) is 0.603. The number of hydrogen-bond donors (Lipinski definition) is 1. The number of nitriles is 1. The average molecular weight is 282 g/mol. The monoisotopic (exact) mass is 282 g/mol. The maximum atomic E-state index is 9.38. The third-order valence-electron chi connectivity index (χ3n) is 3.16. The largest absolute Gasteiger partial charge is 0.490 e. The number of nitrogens with two attached hydrogens (primary N) is 1. The van der Waals surface area contributed by atoms with Crippen molar-refractivity contribution in [3.05, 3.63) is 65.7 Å². The molecule has 4 nitrogen and oxygen atoms in total. The Morgan fingerprint density at radius 3 is 2.57 bits per heavy atom. The van der Waals surface area contributed by atoms with Gasteiger partial charge in [-0.05, 0) is 23.3 Å². The van der Waals surface area contributed by atoms with E-state index >= 15 is 0 Å². The molecule has 2 aromatic rings. The molecule has 2 N–H and O–H groups in total. The van der Waals surface area contributed by atoms with Crippen molar-refractivity contribution >= 4 is 0 Å². The molecule has 0 aliphatic heterocycles. The molecule has 0 saturated carbocycles. The van der Waals surface area contributed by atoms with Crippen molar-refractivity contribution in [1.29, 1.82) is 5.26 Å². The van der Waals surface area contributed by atoms with Crippen LogP contribution in [0.15, 0.2) is 54.6 Å². The van der Waals surface area contributed by atoms with E-state index in [9.17, 15) is 5.26 Å². The minimum atomic E-state index is -1.17. The van der Waals surface area contributed by atoms with Gasteiger partial charge in [0, 0.05) is 7.11 Å². The Bertz CT molecular complexity index is 622. The summed E-state index contributed by atoms with van der Waals surface area (Å²) in [5.74, 6) is 0.672. The van der Waals surface area contributed by atoms with Crippen molar-refractivity contribution in [3.63, 3.8) is 0 Å². The van der Waals surface area contributed by atoms with Crippen molar-refractivity contribution in [2.75, 3.05) is 13.7 Å². The van der Waals surface area contributed by atoms with E-state index in [0.717, 1.165) is 11.1 Å². The van der Waals surface area contributed by atoms with E-state index in [1.165, 1.54) is 0 Å². The van der Waals surface area contributed by atoms with Gasteiger partial charge in [-0.3, -0.25) is 0 Å². The summed E-state index contributed by atoms with van der Waals surface area (Å²) in [5.41, 5.74) is 6.73. The second kappa shape index (κ2) is 6.89. The Kier molecular flexibility index (Phi) is 4.94. The van der Waals surface area contributed by atoms with E-state index in [0.29, 0.717) is 12.4 Å². The predicted molar refractivity (Wildman–Crippen MR) is 80.6 cm³/mol. The molecule has 2 rings (SSSR count). The third-order valence-corrected chi connectivity index (χ3v) is 3.16. The van der Waals surface area contributed by atoms with Gasteiger partial charge in [-0.2, -0.15) is 5.26 Å². The fourth-order valence-corrected chi connectivity index (χ4v) is 2.00. The highest BCUT2D eigenvalue weighted by molar-refractivity contribution is 5.32. The van der Waals surface area contributed by atoms with Crippen molar-refractivity contribution in [3.8, 4) is 11.8 Å². The first-order chi connectivity index (χ1) is 10.2. The van der Waals surface area contributed by atoms with Crippen LogP contribution in [-0.4, -0.2) is 13.7 Å². The molecule has 1 unspecified atom stereocenters. The van der Waals surface area contributed by atoms with Crippen LogP contribution in [-0.2, 0) is 16.9 Å². The quantitative estimate of drug-likeness (QED) is 0.884. The molecule has 0 heterocycles. The Morgan fingerprint density at radius 2 is 1.90 bits per heavy atom. The number of ether oxygens (including phenoxy) is 2. The summed E-state index contributed by atoms with van der Waals surface area (Å²) in [7, 11) is 1.64. The first-order valence-corrected chi connectivity index (χ1v) is 6.64. The number of methoxy groups -OCH3 is 1. The maximum Gasteiger partial charge on any atom is 0.164 e. The molecule has 0 aliphatic rings. The molecule has 0 aliphatic carbocycles. The van der Waals surface area contributed by atoms with Crippen molar-refractivity contribution in [2.24, 2.45) is 5.73 Å². The van der Waals surface area contributed by atoms with Crippen LogP contribution in [0.5, 0.6) is 5.75 Å². The Hall–Kier alpha value is -2.35. The van der Waals surface area contributed by atoms with E-state index < -0.39 is 5.54 Å². The third kappa shape index (κ3) is 3.82. The molecule has 0 spiro atoms. The summed E-state index contributed by atoms with van der Waals surface area (Å²) in [6, 6.07) is 18.9. The van der Waals surface area contributed by atoms with Crippen LogP contribution >= 0.6 is 0 Å². The van der Waals surface area contributed by atoms with E-state index in [1.54, 1.807) is 7.11 Å². The molecule has 0 aromatic heterocycles. The molecule has 0 fully saturated rings. The first kappa shape index (κ1) is 15.0. The zero-order valence-corrected chi connectivity index (χ0v) is 12.0. The molecule has 108 valence electrons. The predicted octanol–water partition coefficient (Wildman–Crippen LogP) is 2.59. The van der Waals surface area contributed by atoms with E-state index in [2.05, 4.69) is 6.07 Å². The minimum absolute atomic E-state index is 0.0873. The molecule has 0 bridgehead atoms. The summed E-state index contributed by atoms with van der Waals surface area (Å²) >= 11 is 0. The highest BCUT2D eigenvalue weighted by atomic mass is 16.5. The Balaban J connectivity index is 2.10. The van der Waals surface area contributed by atoms with Crippen LogP contribution in [0.2, 0.25) is 0 Å². The Labute approximate surface area is 124 Å². The van der Waals surface area contributed by atoms with Gasteiger partial charge in [0.05, 0.1) is 12.7 Å². The van der Waals surface area contributed by atoms with Gasteiger partial charge >= 0.3 is 0 Å². The van der Waals surface area contributed by atoms with Crippen molar-refractivity contribution in [1.82, 2.24) is 0 Å². The van der Waals surface area contributed by atoms with Crippen LogP contribution in [0.25, 0.3) is 0 Å². The highest BCUT2D eigenvalue weighted by Gasteiger charge is 2.28. The van der Waals surface area contributed by atoms with Gasteiger partial charge in [0.25, 0.3) is 0 Å². The second-order valence-electron chi connectivity index (χ2n) is 4.82.